The largest absolute Gasteiger partial charge is 0.481 e. The first-order valence-electron chi connectivity index (χ1n) is 6.61. The van der Waals surface area contributed by atoms with Gasteiger partial charge in [-0.1, -0.05) is 36.5 Å². The van der Waals surface area contributed by atoms with Gasteiger partial charge in [0.05, 0.1) is 11.0 Å². The van der Waals surface area contributed by atoms with Gasteiger partial charge in [0, 0.05) is 13.1 Å². The second kappa shape index (κ2) is 6.15. The first-order chi connectivity index (χ1) is 9.89. The Morgan fingerprint density at radius 2 is 2.14 bits per heavy atom. The van der Waals surface area contributed by atoms with Gasteiger partial charge in [0.1, 0.15) is 0 Å². The van der Waals surface area contributed by atoms with E-state index < -0.39 is 11.4 Å². The number of halogens is 2. The summed E-state index contributed by atoms with van der Waals surface area (Å²) in [5, 5.41) is 16.6. The summed E-state index contributed by atoms with van der Waals surface area (Å²) in [6, 6.07) is 1.35. The van der Waals surface area contributed by atoms with Crippen molar-refractivity contribution in [2.75, 3.05) is 13.1 Å². The highest BCUT2D eigenvalue weighted by atomic mass is 35.5. The van der Waals surface area contributed by atoms with Crippen molar-refractivity contribution in [2.45, 2.75) is 26.2 Å². The minimum Gasteiger partial charge on any atom is -0.481 e. The van der Waals surface area contributed by atoms with Crippen molar-refractivity contribution in [1.29, 1.82) is 0 Å². The van der Waals surface area contributed by atoms with E-state index in [0.29, 0.717) is 19.4 Å². The Bertz CT molecular complexity index is 582. The van der Waals surface area contributed by atoms with Gasteiger partial charge < -0.3 is 10.0 Å². The fraction of sp³-hybridized carbons (Fsp3) is 0.538. The van der Waals surface area contributed by atoms with Crippen LogP contribution in [-0.4, -0.2) is 45.2 Å². The van der Waals surface area contributed by atoms with Crippen LogP contribution >= 0.6 is 23.2 Å². The molecule has 1 aliphatic rings. The summed E-state index contributed by atoms with van der Waals surface area (Å²) in [6.07, 6.45) is 1.72. The zero-order valence-corrected chi connectivity index (χ0v) is 13.0. The molecule has 1 aliphatic heterocycles. The molecule has 2 rings (SSSR count). The van der Waals surface area contributed by atoms with Crippen molar-refractivity contribution in [3.63, 3.8) is 0 Å². The molecular formula is C13H15Cl2N3O3. The van der Waals surface area contributed by atoms with Crippen molar-refractivity contribution in [3.05, 3.63) is 21.9 Å². The normalized spacial score (nSPS) is 21.6. The van der Waals surface area contributed by atoms with E-state index in [1.54, 1.807) is 0 Å². The molecule has 21 heavy (non-hydrogen) atoms. The Hall–Kier alpha value is -1.40. The number of amides is 1. The van der Waals surface area contributed by atoms with Gasteiger partial charge in [-0.05, 0) is 18.9 Å². The number of nitrogens with zero attached hydrogens (tertiary/aromatic N) is 3. The number of likely N-dealkylation sites (tertiary alicyclic amines) is 1. The first kappa shape index (κ1) is 16.0. The Kier molecular flexibility index (Phi) is 4.68. The molecule has 6 nitrogen and oxygen atoms in total. The Morgan fingerprint density at radius 3 is 2.76 bits per heavy atom. The predicted octanol–water partition coefficient (Wildman–Crippen LogP) is 2.50. The third kappa shape index (κ3) is 3.11. The van der Waals surface area contributed by atoms with Crippen LogP contribution in [0.4, 0.5) is 0 Å². The van der Waals surface area contributed by atoms with Gasteiger partial charge in [-0.2, -0.15) is 0 Å². The molecule has 0 aliphatic carbocycles. The van der Waals surface area contributed by atoms with E-state index in [9.17, 15) is 14.7 Å². The summed E-state index contributed by atoms with van der Waals surface area (Å²) in [5.74, 6) is -1.23. The van der Waals surface area contributed by atoms with Crippen LogP contribution < -0.4 is 0 Å². The van der Waals surface area contributed by atoms with E-state index in [-0.39, 0.29) is 28.3 Å². The van der Waals surface area contributed by atoms with E-state index in [1.807, 2.05) is 6.92 Å². The molecule has 0 radical (unpaired) electrons. The van der Waals surface area contributed by atoms with E-state index in [1.165, 1.54) is 11.0 Å². The number of rotatable bonds is 4. The molecule has 1 aromatic heterocycles. The molecule has 1 unspecified atom stereocenters. The van der Waals surface area contributed by atoms with Gasteiger partial charge in [0.25, 0.3) is 5.91 Å². The monoisotopic (exact) mass is 331 g/mol. The molecule has 1 saturated heterocycles. The lowest BCUT2D eigenvalue weighted by atomic mass is 9.83. The van der Waals surface area contributed by atoms with Crippen LogP contribution in [0, 0.1) is 5.41 Å². The quantitative estimate of drug-likeness (QED) is 0.916. The maximum absolute atomic E-state index is 12.5. The smallest absolute Gasteiger partial charge is 0.311 e. The minimum atomic E-state index is -0.874. The highest BCUT2D eigenvalue weighted by molar-refractivity contribution is 6.34. The number of carbonyl (C=O) groups is 2. The zero-order chi connectivity index (χ0) is 15.6. The lowest BCUT2D eigenvalue weighted by Gasteiger charge is -2.24. The van der Waals surface area contributed by atoms with Crippen LogP contribution in [0.15, 0.2) is 6.07 Å². The molecule has 1 aromatic rings. The second-order valence-corrected chi connectivity index (χ2v) is 5.93. The van der Waals surface area contributed by atoms with Gasteiger partial charge in [0.2, 0.25) is 0 Å². The highest BCUT2D eigenvalue weighted by Crippen LogP contribution is 2.36. The molecule has 0 bridgehead atoms. The average molecular weight is 332 g/mol. The topological polar surface area (TPSA) is 83.4 Å². The predicted molar refractivity (Wildman–Crippen MR) is 77.5 cm³/mol. The molecule has 1 fully saturated rings. The van der Waals surface area contributed by atoms with Crippen LogP contribution in [-0.2, 0) is 4.79 Å². The van der Waals surface area contributed by atoms with Gasteiger partial charge in [-0.25, -0.2) is 0 Å². The van der Waals surface area contributed by atoms with Crippen LogP contribution in [0.2, 0.25) is 10.3 Å². The summed E-state index contributed by atoms with van der Waals surface area (Å²) in [4.78, 5) is 25.5. The molecule has 0 saturated carbocycles. The van der Waals surface area contributed by atoms with Crippen molar-refractivity contribution in [3.8, 4) is 0 Å². The summed E-state index contributed by atoms with van der Waals surface area (Å²) in [6.45, 7) is 2.48. The van der Waals surface area contributed by atoms with Gasteiger partial charge in [-0.15, -0.1) is 10.2 Å². The molecule has 1 N–H and O–H groups in total. The standard InChI is InChI=1S/C13H15Cl2N3O3/c1-2-3-13(12(20)21)4-5-18(7-13)11(19)8-6-9(14)16-17-10(8)15/h6H,2-5,7H2,1H3,(H,20,21). The molecule has 0 aromatic carbocycles. The van der Waals surface area contributed by atoms with Crippen LogP contribution in [0.1, 0.15) is 36.5 Å². The number of carbonyl (C=O) groups excluding carboxylic acids is 1. The summed E-state index contributed by atoms with van der Waals surface area (Å²) in [7, 11) is 0. The van der Waals surface area contributed by atoms with E-state index in [2.05, 4.69) is 10.2 Å². The maximum atomic E-state index is 12.5. The molecular weight excluding hydrogens is 317 g/mol. The molecule has 0 spiro atoms. The molecule has 8 heteroatoms. The number of aromatic nitrogens is 2. The SMILES string of the molecule is CCCC1(C(=O)O)CCN(C(=O)c2cc(Cl)nnc2Cl)C1. The van der Waals surface area contributed by atoms with E-state index in [0.717, 1.165) is 6.42 Å². The summed E-state index contributed by atoms with van der Waals surface area (Å²) in [5.41, 5.74) is -0.726. The minimum absolute atomic E-state index is 0.0345. The Balaban J connectivity index is 2.22. The van der Waals surface area contributed by atoms with E-state index in [4.69, 9.17) is 23.2 Å². The second-order valence-electron chi connectivity index (χ2n) is 5.18. The molecule has 1 amide bonds. The van der Waals surface area contributed by atoms with Crippen molar-refractivity contribution in [1.82, 2.24) is 15.1 Å². The maximum Gasteiger partial charge on any atom is 0.311 e. The summed E-state index contributed by atoms with van der Waals surface area (Å²) >= 11 is 11.6. The summed E-state index contributed by atoms with van der Waals surface area (Å²) < 4.78 is 0. The first-order valence-corrected chi connectivity index (χ1v) is 7.36. The fourth-order valence-electron chi connectivity index (χ4n) is 2.68. The number of carboxylic acid groups (broad SMARTS) is 1. The zero-order valence-electron chi connectivity index (χ0n) is 11.5. The van der Waals surface area contributed by atoms with Crippen molar-refractivity contribution < 1.29 is 14.7 Å². The van der Waals surface area contributed by atoms with Gasteiger partial charge in [-0.3, -0.25) is 9.59 Å². The third-order valence-corrected chi connectivity index (χ3v) is 4.24. The lowest BCUT2D eigenvalue weighted by molar-refractivity contribution is -0.148. The van der Waals surface area contributed by atoms with E-state index >= 15 is 0 Å². The Labute approximate surface area is 132 Å². The highest BCUT2D eigenvalue weighted by Gasteiger charge is 2.45. The fourth-order valence-corrected chi connectivity index (χ4v) is 3.00. The number of carboxylic acids is 1. The Morgan fingerprint density at radius 1 is 1.43 bits per heavy atom. The van der Waals surface area contributed by atoms with Gasteiger partial charge >= 0.3 is 5.97 Å². The van der Waals surface area contributed by atoms with Gasteiger partial charge in [0.15, 0.2) is 10.3 Å². The van der Waals surface area contributed by atoms with Crippen molar-refractivity contribution >= 4 is 35.1 Å². The number of aliphatic carboxylic acids is 1. The van der Waals surface area contributed by atoms with Crippen LogP contribution in [0.25, 0.3) is 0 Å². The lowest BCUT2D eigenvalue weighted by Crippen LogP contribution is -2.37. The number of hydrogen-bond acceptors (Lipinski definition) is 4. The van der Waals surface area contributed by atoms with Crippen molar-refractivity contribution in [2.24, 2.45) is 5.41 Å². The molecule has 1 atom stereocenters. The third-order valence-electron chi connectivity index (χ3n) is 3.77. The molecule has 114 valence electrons. The average Bonchev–Trinajstić information content (AvgIpc) is 2.87. The number of hydrogen-bond donors (Lipinski definition) is 1. The molecule has 2 heterocycles. The van der Waals surface area contributed by atoms with Crippen LogP contribution in [0.5, 0.6) is 0 Å². The van der Waals surface area contributed by atoms with Crippen LogP contribution in [0.3, 0.4) is 0 Å².